The van der Waals surface area contributed by atoms with Crippen molar-refractivity contribution in [1.82, 2.24) is 9.78 Å². The Kier molecular flexibility index (Phi) is 5.05. The highest BCUT2D eigenvalue weighted by atomic mass is 35.5. The molecule has 0 fully saturated rings. The molecule has 0 aliphatic heterocycles. The van der Waals surface area contributed by atoms with E-state index in [2.05, 4.69) is 10.4 Å². The van der Waals surface area contributed by atoms with Gasteiger partial charge in [0.1, 0.15) is 0 Å². The van der Waals surface area contributed by atoms with Crippen LogP contribution >= 0.6 is 11.6 Å². The van der Waals surface area contributed by atoms with Gasteiger partial charge in [-0.3, -0.25) is 9.48 Å². The second kappa shape index (κ2) is 6.83. The first-order valence-electron chi connectivity index (χ1n) is 6.99. The van der Waals surface area contributed by atoms with Crippen LogP contribution < -0.4 is 5.32 Å². The number of methoxy groups -OCH3 is 1. The fraction of sp³-hybridized carbons (Fsp3) is 0.312. The predicted octanol–water partition coefficient (Wildman–Crippen LogP) is 2.66. The molecular weight excluding hydrogens is 318 g/mol. The lowest BCUT2D eigenvalue weighted by Gasteiger charge is -2.12. The van der Waals surface area contributed by atoms with Crippen molar-refractivity contribution in [2.24, 2.45) is 7.05 Å². The molecule has 0 radical (unpaired) electrons. The second-order valence-electron chi connectivity index (χ2n) is 5.26. The molecule has 1 heterocycles. The summed E-state index contributed by atoms with van der Waals surface area (Å²) in [6, 6.07) is 4.98. The van der Waals surface area contributed by atoms with Crippen LogP contribution in [-0.2, 0) is 23.0 Å². The summed E-state index contributed by atoms with van der Waals surface area (Å²) in [5.41, 5.74) is 2.94. The summed E-state index contributed by atoms with van der Waals surface area (Å²) >= 11 is 6.09. The molecule has 2 aromatic rings. The molecule has 1 aromatic carbocycles. The van der Waals surface area contributed by atoms with Gasteiger partial charge in [-0.1, -0.05) is 11.6 Å². The number of ether oxygens (including phenoxy) is 1. The van der Waals surface area contributed by atoms with E-state index in [1.54, 1.807) is 30.8 Å². The van der Waals surface area contributed by atoms with Crippen molar-refractivity contribution in [3.63, 3.8) is 0 Å². The molecule has 0 saturated carbocycles. The second-order valence-corrected chi connectivity index (χ2v) is 5.67. The van der Waals surface area contributed by atoms with Crippen molar-refractivity contribution in [2.75, 3.05) is 12.4 Å². The Bertz CT molecular complexity index is 768. The number of rotatable bonds is 4. The van der Waals surface area contributed by atoms with E-state index < -0.39 is 5.97 Å². The maximum atomic E-state index is 12.3. The SMILES string of the molecule is COC(=O)c1cc(C)c(Cl)cc1NC(=O)Cc1cc(C)nn1C. The zero-order valence-corrected chi connectivity index (χ0v) is 14.2. The standard InChI is InChI=1S/C16H18ClN3O3/c1-9-5-12(16(22)23-4)14(8-13(9)17)18-15(21)7-11-6-10(2)19-20(11)3/h5-6,8H,7H2,1-4H3,(H,18,21). The van der Waals surface area contributed by atoms with Crippen LogP contribution in [0.5, 0.6) is 0 Å². The lowest BCUT2D eigenvalue weighted by Crippen LogP contribution is -2.19. The number of hydrogen-bond acceptors (Lipinski definition) is 4. The van der Waals surface area contributed by atoms with E-state index in [4.69, 9.17) is 16.3 Å². The lowest BCUT2D eigenvalue weighted by molar-refractivity contribution is -0.115. The lowest BCUT2D eigenvalue weighted by atomic mass is 10.1. The fourth-order valence-corrected chi connectivity index (χ4v) is 2.42. The molecule has 122 valence electrons. The van der Waals surface area contributed by atoms with Gasteiger partial charge >= 0.3 is 5.97 Å². The fourth-order valence-electron chi connectivity index (χ4n) is 2.25. The van der Waals surface area contributed by atoms with E-state index in [-0.39, 0.29) is 17.9 Å². The van der Waals surface area contributed by atoms with Crippen molar-refractivity contribution in [1.29, 1.82) is 0 Å². The number of aryl methyl sites for hydroxylation is 3. The first kappa shape index (κ1) is 17.0. The van der Waals surface area contributed by atoms with Gasteiger partial charge in [-0.05, 0) is 37.6 Å². The number of nitrogens with zero attached hydrogens (tertiary/aromatic N) is 2. The number of hydrogen-bond donors (Lipinski definition) is 1. The van der Waals surface area contributed by atoms with Gasteiger partial charge in [0, 0.05) is 17.8 Å². The topological polar surface area (TPSA) is 73.2 Å². The molecule has 6 nitrogen and oxygen atoms in total. The number of carbonyl (C=O) groups is 2. The van der Waals surface area contributed by atoms with Gasteiger partial charge in [-0.25, -0.2) is 4.79 Å². The number of carbonyl (C=O) groups excluding carboxylic acids is 2. The number of esters is 1. The molecular formula is C16H18ClN3O3. The zero-order chi connectivity index (χ0) is 17.1. The Balaban J connectivity index is 2.24. The number of benzene rings is 1. The minimum Gasteiger partial charge on any atom is -0.465 e. The summed E-state index contributed by atoms with van der Waals surface area (Å²) in [4.78, 5) is 24.1. The number of halogens is 1. The number of anilines is 1. The summed E-state index contributed by atoms with van der Waals surface area (Å²) in [7, 11) is 3.06. The molecule has 1 aromatic heterocycles. The molecule has 0 atom stereocenters. The van der Waals surface area contributed by atoms with Gasteiger partial charge < -0.3 is 10.1 Å². The Labute approximate surface area is 139 Å². The molecule has 1 N–H and O–H groups in total. The van der Waals surface area contributed by atoms with E-state index >= 15 is 0 Å². The third-order valence-electron chi connectivity index (χ3n) is 3.42. The highest BCUT2D eigenvalue weighted by molar-refractivity contribution is 6.32. The van der Waals surface area contributed by atoms with Crippen LogP contribution in [0.3, 0.4) is 0 Å². The average molecular weight is 336 g/mol. The number of amides is 1. The van der Waals surface area contributed by atoms with E-state index in [1.165, 1.54) is 7.11 Å². The van der Waals surface area contributed by atoms with E-state index in [1.807, 2.05) is 13.0 Å². The third kappa shape index (κ3) is 3.90. The number of nitrogens with one attached hydrogen (secondary N) is 1. The average Bonchev–Trinajstić information content (AvgIpc) is 2.79. The van der Waals surface area contributed by atoms with Gasteiger partial charge in [0.15, 0.2) is 0 Å². The first-order valence-corrected chi connectivity index (χ1v) is 7.37. The minimum atomic E-state index is -0.531. The van der Waals surface area contributed by atoms with Crippen LogP contribution in [0.2, 0.25) is 5.02 Å². The van der Waals surface area contributed by atoms with Crippen molar-refractivity contribution < 1.29 is 14.3 Å². The molecule has 1 amide bonds. The van der Waals surface area contributed by atoms with Gasteiger partial charge in [0.2, 0.25) is 5.91 Å². The molecule has 7 heteroatoms. The van der Waals surface area contributed by atoms with Crippen LogP contribution in [0.25, 0.3) is 0 Å². The first-order chi connectivity index (χ1) is 10.8. The monoisotopic (exact) mass is 335 g/mol. The van der Waals surface area contributed by atoms with Gasteiger partial charge in [0.05, 0.1) is 30.5 Å². The summed E-state index contributed by atoms with van der Waals surface area (Å²) in [6.45, 7) is 3.63. The normalized spacial score (nSPS) is 10.5. The van der Waals surface area contributed by atoms with Gasteiger partial charge in [-0.2, -0.15) is 5.10 Å². The quantitative estimate of drug-likeness (QED) is 0.872. The van der Waals surface area contributed by atoms with Crippen LogP contribution in [0.4, 0.5) is 5.69 Å². The van der Waals surface area contributed by atoms with Crippen molar-refractivity contribution in [3.8, 4) is 0 Å². The Morgan fingerprint density at radius 3 is 2.57 bits per heavy atom. The van der Waals surface area contributed by atoms with Gasteiger partial charge in [-0.15, -0.1) is 0 Å². The Hall–Kier alpha value is -2.34. The molecule has 23 heavy (non-hydrogen) atoms. The molecule has 0 saturated heterocycles. The predicted molar refractivity (Wildman–Crippen MR) is 87.8 cm³/mol. The molecule has 0 spiro atoms. The summed E-state index contributed by atoms with van der Waals surface area (Å²) < 4.78 is 6.40. The molecule has 2 rings (SSSR count). The highest BCUT2D eigenvalue weighted by Gasteiger charge is 2.17. The van der Waals surface area contributed by atoms with Crippen molar-refractivity contribution >= 4 is 29.2 Å². The van der Waals surface area contributed by atoms with Crippen molar-refractivity contribution in [2.45, 2.75) is 20.3 Å². The molecule has 0 bridgehead atoms. The minimum absolute atomic E-state index is 0.142. The molecule has 0 aliphatic carbocycles. The van der Waals surface area contributed by atoms with E-state index in [0.717, 1.165) is 17.0 Å². The van der Waals surface area contributed by atoms with Gasteiger partial charge in [0.25, 0.3) is 0 Å². The van der Waals surface area contributed by atoms with E-state index in [0.29, 0.717) is 10.7 Å². The molecule has 0 aliphatic rings. The summed E-state index contributed by atoms with van der Waals surface area (Å²) in [6.07, 6.45) is 0.142. The van der Waals surface area contributed by atoms with Crippen LogP contribution in [0.1, 0.15) is 27.3 Å². The third-order valence-corrected chi connectivity index (χ3v) is 3.83. The van der Waals surface area contributed by atoms with Crippen molar-refractivity contribution in [3.05, 3.63) is 45.7 Å². The highest BCUT2D eigenvalue weighted by Crippen LogP contribution is 2.26. The van der Waals surface area contributed by atoms with Crippen LogP contribution in [-0.4, -0.2) is 28.8 Å². The zero-order valence-electron chi connectivity index (χ0n) is 13.4. The maximum Gasteiger partial charge on any atom is 0.339 e. The summed E-state index contributed by atoms with van der Waals surface area (Å²) in [5.74, 6) is -0.797. The van der Waals surface area contributed by atoms with Crippen LogP contribution in [0.15, 0.2) is 18.2 Å². The van der Waals surface area contributed by atoms with Crippen LogP contribution in [0, 0.1) is 13.8 Å². The Morgan fingerprint density at radius 1 is 1.30 bits per heavy atom. The maximum absolute atomic E-state index is 12.3. The summed E-state index contributed by atoms with van der Waals surface area (Å²) in [5, 5.41) is 7.37. The van der Waals surface area contributed by atoms with E-state index in [9.17, 15) is 9.59 Å². The Morgan fingerprint density at radius 2 is 2.00 bits per heavy atom. The number of aromatic nitrogens is 2. The smallest absolute Gasteiger partial charge is 0.339 e. The molecule has 0 unspecified atom stereocenters. The largest absolute Gasteiger partial charge is 0.465 e.